The van der Waals surface area contributed by atoms with E-state index in [1.54, 1.807) is 7.11 Å². The Hall–Kier alpha value is -2.23. The van der Waals surface area contributed by atoms with Crippen molar-refractivity contribution in [2.75, 3.05) is 13.7 Å². The summed E-state index contributed by atoms with van der Waals surface area (Å²) < 4.78 is 7.52. The van der Waals surface area contributed by atoms with E-state index < -0.39 is 0 Å². The van der Waals surface area contributed by atoms with Gasteiger partial charge in [-0.1, -0.05) is 39.3 Å². The Morgan fingerprint density at radius 2 is 2.04 bits per heavy atom. The minimum Gasteiger partial charge on any atom is -0.497 e. The summed E-state index contributed by atoms with van der Waals surface area (Å²) in [5.74, 6) is 1.12. The van der Waals surface area contributed by atoms with Gasteiger partial charge in [0, 0.05) is 30.9 Å². The normalized spacial score (nSPS) is 10.9. The lowest BCUT2D eigenvalue weighted by molar-refractivity contribution is -0.135. The molecule has 4 heteroatoms. The highest BCUT2D eigenvalue weighted by Gasteiger charge is 2.18. The highest BCUT2D eigenvalue weighted by Crippen LogP contribution is 2.16. The molecule has 0 bridgehead atoms. The van der Waals surface area contributed by atoms with Crippen LogP contribution in [0.1, 0.15) is 44.9 Å². The minimum absolute atomic E-state index is 0.0265. The van der Waals surface area contributed by atoms with E-state index in [1.807, 2.05) is 36.9 Å². The fourth-order valence-electron chi connectivity index (χ4n) is 2.89. The van der Waals surface area contributed by atoms with Gasteiger partial charge < -0.3 is 14.2 Å². The first-order valence-electron chi connectivity index (χ1n) is 9.10. The molecule has 2 rings (SSSR count). The smallest absolute Gasteiger partial charge is 0.225 e. The van der Waals surface area contributed by atoms with Gasteiger partial charge in [0.25, 0.3) is 0 Å². The van der Waals surface area contributed by atoms with Crippen molar-refractivity contribution < 1.29 is 9.53 Å². The second kappa shape index (κ2) is 9.30. The lowest BCUT2D eigenvalue weighted by Crippen LogP contribution is -2.35. The number of methoxy groups -OCH3 is 1. The van der Waals surface area contributed by atoms with Crippen molar-refractivity contribution in [3.05, 3.63) is 53.9 Å². The van der Waals surface area contributed by atoms with Crippen LogP contribution in [-0.4, -0.2) is 29.0 Å². The van der Waals surface area contributed by atoms with Gasteiger partial charge >= 0.3 is 0 Å². The molecule has 2 aromatic rings. The van der Waals surface area contributed by atoms with Gasteiger partial charge in [0.1, 0.15) is 5.75 Å². The Morgan fingerprint density at radius 3 is 2.72 bits per heavy atom. The van der Waals surface area contributed by atoms with Gasteiger partial charge in [-0.05, 0) is 36.2 Å². The third-order valence-electron chi connectivity index (χ3n) is 4.35. The number of hydrogen-bond donors (Lipinski definition) is 0. The van der Waals surface area contributed by atoms with Crippen LogP contribution in [0.3, 0.4) is 0 Å². The van der Waals surface area contributed by atoms with Crippen LogP contribution in [0.25, 0.3) is 0 Å². The van der Waals surface area contributed by atoms with E-state index in [2.05, 4.69) is 35.9 Å². The van der Waals surface area contributed by atoms with E-state index >= 15 is 0 Å². The highest BCUT2D eigenvalue weighted by molar-refractivity contribution is 5.78. The van der Waals surface area contributed by atoms with Crippen LogP contribution in [0, 0.1) is 5.92 Å². The maximum absolute atomic E-state index is 12.5. The van der Waals surface area contributed by atoms with Crippen LogP contribution in [0.4, 0.5) is 0 Å². The minimum atomic E-state index is 0.0265. The van der Waals surface area contributed by atoms with Crippen LogP contribution in [-0.2, 0) is 17.9 Å². The summed E-state index contributed by atoms with van der Waals surface area (Å²) in [5.41, 5.74) is 2.35. The zero-order valence-electron chi connectivity index (χ0n) is 15.9. The zero-order chi connectivity index (χ0) is 18.2. The van der Waals surface area contributed by atoms with Gasteiger partial charge in [0.15, 0.2) is 0 Å². The Kier molecular flexibility index (Phi) is 7.11. The summed E-state index contributed by atoms with van der Waals surface area (Å²) in [6.07, 6.45) is 4.20. The van der Waals surface area contributed by atoms with E-state index in [0.717, 1.165) is 37.4 Å². The molecular formula is C21H30N2O2. The Labute approximate surface area is 151 Å². The number of benzene rings is 1. The molecule has 0 unspecified atom stereocenters. The summed E-state index contributed by atoms with van der Waals surface area (Å²) in [4.78, 5) is 14.5. The van der Waals surface area contributed by atoms with Gasteiger partial charge in [-0.3, -0.25) is 4.79 Å². The molecular weight excluding hydrogens is 312 g/mol. The molecule has 0 atom stereocenters. The molecule has 1 amide bonds. The molecule has 0 saturated heterocycles. The predicted octanol–water partition coefficient (Wildman–Crippen LogP) is 4.33. The van der Waals surface area contributed by atoms with Gasteiger partial charge in [-0.2, -0.15) is 0 Å². The van der Waals surface area contributed by atoms with Crippen molar-refractivity contribution in [1.82, 2.24) is 9.47 Å². The van der Waals surface area contributed by atoms with Gasteiger partial charge in [0.2, 0.25) is 5.91 Å². The molecule has 0 aliphatic carbocycles. The van der Waals surface area contributed by atoms with Crippen LogP contribution in [0.15, 0.2) is 42.6 Å². The molecule has 1 heterocycles. The number of unbranched alkanes of at least 4 members (excludes halogenated alkanes) is 1. The van der Waals surface area contributed by atoms with Crippen LogP contribution in [0.2, 0.25) is 0 Å². The first-order valence-corrected chi connectivity index (χ1v) is 9.10. The first kappa shape index (κ1) is 19.1. The second-order valence-corrected chi connectivity index (χ2v) is 6.75. The molecule has 0 N–H and O–H groups in total. The monoisotopic (exact) mass is 342 g/mol. The molecule has 0 aliphatic heterocycles. The average molecular weight is 342 g/mol. The second-order valence-electron chi connectivity index (χ2n) is 6.75. The third kappa shape index (κ3) is 5.38. The molecule has 1 aromatic carbocycles. The SMILES string of the molecule is CCCCN(Cc1cccn1Cc1cccc(OC)c1)C(=O)C(C)C. The quantitative estimate of drug-likeness (QED) is 0.680. The predicted molar refractivity (Wildman–Crippen MR) is 102 cm³/mol. The van der Waals surface area contributed by atoms with Crippen LogP contribution >= 0.6 is 0 Å². The number of hydrogen-bond acceptors (Lipinski definition) is 2. The number of carbonyl (C=O) groups excluding carboxylic acids is 1. The van der Waals surface area contributed by atoms with Crippen LogP contribution < -0.4 is 4.74 Å². The van der Waals surface area contributed by atoms with Gasteiger partial charge in [-0.15, -0.1) is 0 Å². The average Bonchev–Trinajstić information content (AvgIpc) is 3.04. The van der Waals surface area contributed by atoms with Crippen LogP contribution in [0.5, 0.6) is 5.75 Å². The topological polar surface area (TPSA) is 34.5 Å². The van der Waals surface area contributed by atoms with Crippen molar-refractivity contribution in [2.45, 2.75) is 46.7 Å². The van der Waals surface area contributed by atoms with Crippen molar-refractivity contribution >= 4 is 5.91 Å². The number of aromatic nitrogens is 1. The van der Waals surface area contributed by atoms with Crippen molar-refractivity contribution in [1.29, 1.82) is 0 Å². The maximum Gasteiger partial charge on any atom is 0.225 e. The largest absolute Gasteiger partial charge is 0.497 e. The Balaban J connectivity index is 2.14. The first-order chi connectivity index (χ1) is 12.0. The maximum atomic E-state index is 12.5. The highest BCUT2D eigenvalue weighted by atomic mass is 16.5. The van der Waals surface area contributed by atoms with E-state index in [-0.39, 0.29) is 11.8 Å². The summed E-state index contributed by atoms with van der Waals surface area (Å²) in [7, 11) is 1.68. The fourth-order valence-corrected chi connectivity index (χ4v) is 2.89. The van der Waals surface area contributed by atoms with E-state index in [9.17, 15) is 4.79 Å². The third-order valence-corrected chi connectivity index (χ3v) is 4.35. The van der Waals surface area contributed by atoms with E-state index in [4.69, 9.17) is 4.74 Å². The summed E-state index contributed by atoms with van der Waals surface area (Å²) in [6.45, 7) is 8.35. The van der Waals surface area contributed by atoms with E-state index in [0.29, 0.717) is 6.54 Å². The molecule has 0 spiro atoms. The molecule has 25 heavy (non-hydrogen) atoms. The standard InChI is InChI=1S/C21H30N2O2/c1-5-6-12-23(21(24)17(2)3)16-19-10-8-13-22(19)15-18-9-7-11-20(14-18)25-4/h7-11,13-14,17H,5-6,12,15-16H2,1-4H3. The Morgan fingerprint density at radius 1 is 1.24 bits per heavy atom. The summed E-state index contributed by atoms with van der Waals surface area (Å²) >= 11 is 0. The number of amides is 1. The molecule has 0 radical (unpaired) electrons. The number of ether oxygens (including phenoxy) is 1. The van der Waals surface area contributed by atoms with E-state index in [1.165, 1.54) is 5.56 Å². The molecule has 136 valence electrons. The molecule has 0 aliphatic rings. The molecule has 1 aromatic heterocycles. The number of rotatable bonds is 9. The number of nitrogens with zero attached hydrogens (tertiary/aromatic N) is 2. The van der Waals surface area contributed by atoms with Crippen molar-refractivity contribution in [3.8, 4) is 5.75 Å². The lowest BCUT2D eigenvalue weighted by atomic mass is 10.1. The molecule has 0 saturated carbocycles. The van der Waals surface area contributed by atoms with Gasteiger partial charge in [0.05, 0.1) is 13.7 Å². The lowest BCUT2D eigenvalue weighted by Gasteiger charge is -2.25. The fraction of sp³-hybridized carbons (Fsp3) is 0.476. The Bertz CT molecular complexity index is 676. The van der Waals surface area contributed by atoms with Crippen molar-refractivity contribution in [3.63, 3.8) is 0 Å². The van der Waals surface area contributed by atoms with Crippen molar-refractivity contribution in [2.24, 2.45) is 5.92 Å². The molecule has 0 fully saturated rings. The number of carbonyl (C=O) groups is 1. The summed E-state index contributed by atoms with van der Waals surface area (Å²) in [5, 5.41) is 0. The molecule has 4 nitrogen and oxygen atoms in total. The zero-order valence-corrected chi connectivity index (χ0v) is 15.9. The van der Waals surface area contributed by atoms with Gasteiger partial charge in [-0.25, -0.2) is 0 Å². The summed E-state index contributed by atoms with van der Waals surface area (Å²) in [6, 6.07) is 12.3.